The maximum absolute atomic E-state index is 13.7. The van der Waals surface area contributed by atoms with Gasteiger partial charge >= 0.3 is 0 Å². The number of hydrazone groups is 1. The minimum atomic E-state index is -1.08. The van der Waals surface area contributed by atoms with Gasteiger partial charge in [0.15, 0.2) is 11.5 Å². The van der Waals surface area contributed by atoms with E-state index in [1.807, 2.05) is 0 Å². The molecule has 0 bridgehead atoms. The fraction of sp³-hybridized carbons (Fsp3) is 0.348. The molecule has 31 heavy (non-hydrogen) atoms. The number of hydrogen-bond donors (Lipinski definition) is 2. The first-order chi connectivity index (χ1) is 15.0. The Hall–Kier alpha value is -3.42. The molecule has 0 radical (unpaired) electrons. The van der Waals surface area contributed by atoms with E-state index >= 15 is 0 Å². The van der Waals surface area contributed by atoms with Crippen LogP contribution < -0.4 is 20.2 Å². The summed E-state index contributed by atoms with van der Waals surface area (Å²) < 4.78 is 24.9. The van der Waals surface area contributed by atoms with Crippen molar-refractivity contribution in [3.63, 3.8) is 0 Å². The van der Waals surface area contributed by atoms with Gasteiger partial charge in [-0.15, -0.1) is 0 Å². The van der Waals surface area contributed by atoms with Crippen molar-refractivity contribution in [1.29, 1.82) is 0 Å². The standard InChI is InChI=1S/C23H28FN3O4/c1-4-5-8-14-31-21-17(10-9-13-20(21)30-3)15-25-27-23(29)16(2)22(28)26-19-12-7-6-11-18(19)24/h6-7,9-13,15-16H,4-5,8,14H2,1-3H3,(H,26,28)(H,27,29). The largest absolute Gasteiger partial charge is 0.493 e. The molecule has 8 heteroatoms. The van der Waals surface area contributed by atoms with Crippen LogP contribution in [0.25, 0.3) is 0 Å². The molecule has 0 heterocycles. The molecule has 0 saturated carbocycles. The predicted molar refractivity (Wildman–Crippen MR) is 118 cm³/mol. The van der Waals surface area contributed by atoms with Crippen molar-refractivity contribution in [2.45, 2.75) is 33.1 Å². The number of benzene rings is 2. The number of rotatable bonds is 11. The van der Waals surface area contributed by atoms with E-state index in [4.69, 9.17) is 9.47 Å². The van der Waals surface area contributed by atoms with E-state index in [1.54, 1.807) is 31.4 Å². The van der Waals surface area contributed by atoms with Crippen molar-refractivity contribution >= 4 is 23.7 Å². The second-order valence-electron chi connectivity index (χ2n) is 6.86. The Morgan fingerprint density at radius 1 is 1.13 bits per heavy atom. The third-order valence-electron chi connectivity index (χ3n) is 4.52. The van der Waals surface area contributed by atoms with Crippen LogP contribution in [0.2, 0.25) is 0 Å². The highest BCUT2D eigenvalue weighted by Crippen LogP contribution is 2.30. The number of halogens is 1. The van der Waals surface area contributed by atoms with Crippen LogP contribution >= 0.6 is 0 Å². The summed E-state index contributed by atoms with van der Waals surface area (Å²) in [4.78, 5) is 24.5. The summed E-state index contributed by atoms with van der Waals surface area (Å²) in [6.07, 6.45) is 4.48. The number of methoxy groups -OCH3 is 1. The Balaban J connectivity index is 1.99. The van der Waals surface area contributed by atoms with Crippen molar-refractivity contribution in [3.8, 4) is 11.5 Å². The molecule has 2 N–H and O–H groups in total. The Morgan fingerprint density at radius 2 is 1.90 bits per heavy atom. The number of amides is 2. The Bertz CT molecular complexity index is 917. The molecule has 0 aromatic heterocycles. The van der Waals surface area contributed by atoms with Gasteiger partial charge in [-0.05, 0) is 37.6 Å². The first kappa shape index (κ1) is 23.9. The summed E-state index contributed by atoms with van der Waals surface area (Å²) >= 11 is 0. The van der Waals surface area contributed by atoms with E-state index < -0.39 is 23.5 Å². The third kappa shape index (κ3) is 7.09. The van der Waals surface area contributed by atoms with Gasteiger partial charge in [0.25, 0.3) is 5.91 Å². The minimum absolute atomic E-state index is 0.0110. The van der Waals surface area contributed by atoms with Crippen molar-refractivity contribution in [3.05, 3.63) is 53.8 Å². The monoisotopic (exact) mass is 429 g/mol. The van der Waals surface area contributed by atoms with Crippen LogP contribution in [-0.4, -0.2) is 31.7 Å². The first-order valence-corrected chi connectivity index (χ1v) is 10.2. The van der Waals surface area contributed by atoms with Crippen molar-refractivity contribution in [1.82, 2.24) is 5.43 Å². The normalized spacial score (nSPS) is 11.7. The van der Waals surface area contributed by atoms with Gasteiger partial charge in [-0.1, -0.05) is 38.0 Å². The zero-order valence-corrected chi connectivity index (χ0v) is 18.0. The predicted octanol–water partition coefficient (Wildman–Crippen LogP) is 4.13. The lowest BCUT2D eigenvalue weighted by Crippen LogP contribution is -2.34. The zero-order chi connectivity index (χ0) is 22.6. The molecule has 2 amide bonds. The molecule has 1 unspecified atom stereocenters. The van der Waals surface area contributed by atoms with Crippen molar-refractivity contribution in [2.75, 3.05) is 19.0 Å². The quantitative estimate of drug-likeness (QED) is 0.243. The number of nitrogens with one attached hydrogen (secondary N) is 2. The average Bonchev–Trinajstić information content (AvgIpc) is 2.78. The van der Waals surface area contributed by atoms with Crippen LogP contribution in [0.1, 0.15) is 38.7 Å². The highest BCUT2D eigenvalue weighted by Gasteiger charge is 2.22. The third-order valence-corrected chi connectivity index (χ3v) is 4.52. The average molecular weight is 429 g/mol. The van der Waals surface area contributed by atoms with Gasteiger partial charge in [0.2, 0.25) is 5.91 Å². The number of para-hydroxylation sites is 2. The van der Waals surface area contributed by atoms with Gasteiger partial charge in [-0.2, -0.15) is 5.10 Å². The fourth-order valence-electron chi connectivity index (χ4n) is 2.66. The maximum Gasteiger partial charge on any atom is 0.252 e. The van der Waals surface area contributed by atoms with Crippen LogP contribution in [0.5, 0.6) is 11.5 Å². The number of ether oxygens (including phenoxy) is 2. The number of nitrogens with zero attached hydrogens (tertiary/aromatic N) is 1. The SMILES string of the molecule is CCCCCOc1c(C=NNC(=O)C(C)C(=O)Nc2ccccc2F)cccc1OC. The van der Waals surface area contributed by atoms with E-state index in [2.05, 4.69) is 22.8 Å². The van der Waals surface area contributed by atoms with Gasteiger partial charge in [-0.25, -0.2) is 9.82 Å². The van der Waals surface area contributed by atoms with Gasteiger partial charge in [-0.3, -0.25) is 9.59 Å². The van der Waals surface area contributed by atoms with Crippen molar-refractivity contribution in [2.24, 2.45) is 11.0 Å². The number of carbonyl (C=O) groups excluding carboxylic acids is 2. The summed E-state index contributed by atoms with van der Waals surface area (Å²) in [6, 6.07) is 11.1. The minimum Gasteiger partial charge on any atom is -0.493 e. The summed E-state index contributed by atoms with van der Waals surface area (Å²) in [5.41, 5.74) is 2.97. The van der Waals surface area contributed by atoms with Crippen LogP contribution in [0.3, 0.4) is 0 Å². The highest BCUT2D eigenvalue weighted by atomic mass is 19.1. The van der Waals surface area contributed by atoms with Crippen LogP contribution in [0, 0.1) is 11.7 Å². The lowest BCUT2D eigenvalue weighted by Gasteiger charge is -2.13. The Morgan fingerprint density at radius 3 is 2.61 bits per heavy atom. The van der Waals surface area contributed by atoms with Crippen molar-refractivity contribution < 1.29 is 23.5 Å². The zero-order valence-electron chi connectivity index (χ0n) is 18.0. The molecule has 166 valence electrons. The van der Waals surface area contributed by atoms with Gasteiger partial charge < -0.3 is 14.8 Å². The molecular weight excluding hydrogens is 401 g/mol. The molecule has 0 aliphatic carbocycles. The molecule has 2 aromatic rings. The first-order valence-electron chi connectivity index (χ1n) is 10.2. The summed E-state index contributed by atoms with van der Waals surface area (Å²) in [6.45, 7) is 4.06. The van der Waals surface area contributed by atoms with E-state index in [9.17, 15) is 14.0 Å². The van der Waals surface area contributed by atoms with Crippen LogP contribution in [0.4, 0.5) is 10.1 Å². The fourth-order valence-corrected chi connectivity index (χ4v) is 2.66. The maximum atomic E-state index is 13.7. The van der Waals surface area contributed by atoms with E-state index in [-0.39, 0.29) is 5.69 Å². The molecule has 0 spiro atoms. The Kier molecular flexibility index (Phi) is 9.48. The summed E-state index contributed by atoms with van der Waals surface area (Å²) in [7, 11) is 1.55. The number of hydrogen-bond acceptors (Lipinski definition) is 5. The smallest absolute Gasteiger partial charge is 0.252 e. The number of anilines is 1. The highest BCUT2D eigenvalue weighted by molar-refractivity contribution is 6.06. The lowest BCUT2D eigenvalue weighted by molar-refractivity contribution is -0.131. The summed E-state index contributed by atoms with van der Waals surface area (Å²) in [5, 5.41) is 6.33. The van der Waals surface area contributed by atoms with Gasteiger partial charge in [0, 0.05) is 5.56 Å². The molecule has 0 saturated heterocycles. The molecule has 0 fully saturated rings. The second-order valence-corrected chi connectivity index (χ2v) is 6.86. The Labute approximate surface area is 181 Å². The molecule has 2 rings (SSSR count). The second kappa shape index (κ2) is 12.3. The van der Waals surface area contributed by atoms with Gasteiger partial charge in [0.05, 0.1) is 25.6 Å². The van der Waals surface area contributed by atoms with Crippen LogP contribution in [-0.2, 0) is 9.59 Å². The van der Waals surface area contributed by atoms with E-state index in [0.29, 0.717) is 23.7 Å². The molecule has 2 aromatic carbocycles. The van der Waals surface area contributed by atoms with Crippen LogP contribution in [0.15, 0.2) is 47.6 Å². The number of unbranched alkanes of at least 4 members (excludes halogenated alkanes) is 2. The molecule has 0 aliphatic heterocycles. The number of carbonyl (C=O) groups is 2. The molecular formula is C23H28FN3O4. The molecule has 1 atom stereocenters. The van der Waals surface area contributed by atoms with Gasteiger partial charge in [0.1, 0.15) is 11.7 Å². The molecule has 0 aliphatic rings. The van der Waals surface area contributed by atoms with E-state index in [0.717, 1.165) is 19.3 Å². The summed E-state index contributed by atoms with van der Waals surface area (Å²) in [5.74, 6) is -1.83. The van der Waals surface area contributed by atoms with E-state index in [1.165, 1.54) is 31.3 Å². The lowest BCUT2D eigenvalue weighted by atomic mass is 10.1. The molecule has 7 nitrogen and oxygen atoms in total. The topological polar surface area (TPSA) is 89.0 Å².